The van der Waals surface area contributed by atoms with Crippen molar-refractivity contribution in [2.24, 2.45) is 0 Å². The Morgan fingerprint density at radius 3 is 1.53 bits per heavy atom. The summed E-state index contributed by atoms with van der Waals surface area (Å²) in [5, 5.41) is 12.2. The van der Waals surface area contributed by atoms with Crippen LogP contribution in [0.15, 0.2) is 200 Å². The molecule has 0 unspecified atom stereocenters. The summed E-state index contributed by atoms with van der Waals surface area (Å²) in [6.45, 7) is 4.64. The maximum atomic E-state index is 4.87. The van der Waals surface area contributed by atoms with Gasteiger partial charge in [0.15, 0.2) is 11.6 Å². The number of para-hydroxylation sites is 3. The van der Waals surface area contributed by atoms with Crippen LogP contribution in [0.1, 0.15) is 25.0 Å². The molecular weight excluding hydrogens is 707 g/mol. The molecule has 0 radical (unpaired) electrons. The summed E-state index contributed by atoms with van der Waals surface area (Å²) in [5.41, 5.74) is 14.9. The van der Waals surface area contributed by atoms with Gasteiger partial charge in [-0.25, -0.2) is 0 Å². The number of fused-ring (bicyclic) bond motifs is 6. The van der Waals surface area contributed by atoms with E-state index in [-0.39, 0.29) is 5.41 Å². The summed E-state index contributed by atoms with van der Waals surface area (Å²) in [7, 11) is 0. The quantitative estimate of drug-likeness (QED) is 0.163. The second kappa shape index (κ2) is 13.3. The zero-order valence-electron chi connectivity index (χ0n) is 32.3. The van der Waals surface area contributed by atoms with Crippen LogP contribution in [0.25, 0.3) is 67.1 Å². The SMILES string of the molecule is CC1(C)c2ccccc2-c2ccc(-n3c(-c4ccccc4)nnc3-c3ccc(N(c4ccccc4)c4ccc(-n5c6ccccc6c6ccccc65)cc4)cc3)cc21. The average Bonchev–Trinajstić information content (AvgIpc) is 3.94. The first kappa shape index (κ1) is 33.8. The Morgan fingerprint density at radius 1 is 0.397 bits per heavy atom. The molecule has 0 atom stereocenters. The summed E-state index contributed by atoms with van der Waals surface area (Å²) < 4.78 is 4.57. The summed E-state index contributed by atoms with van der Waals surface area (Å²) >= 11 is 0. The number of nitrogens with zero attached hydrogens (tertiary/aromatic N) is 5. The van der Waals surface area contributed by atoms with Crippen molar-refractivity contribution >= 4 is 38.9 Å². The van der Waals surface area contributed by atoms with Crippen LogP contribution in [-0.2, 0) is 5.41 Å². The van der Waals surface area contributed by atoms with Gasteiger partial charge in [0.25, 0.3) is 0 Å². The van der Waals surface area contributed by atoms with Gasteiger partial charge in [0.2, 0.25) is 0 Å². The molecule has 2 heterocycles. The van der Waals surface area contributed by atoms with Crippen molar-refractivity contribution in [2.45, 2.75) is 19.3 Å². The van der Waals surface area contributed by atoms with Gasteiger partial charge < -0.3 is 9.47 Å². The Labute approximate surface area is 337 Å². The number of benzene rings is 8. The van der Waals surface area contributed by atoms with Crippen molar-refractivity contribution in [3.8, 4) is 45.3 Å². The van der Waals surface area contributed by atoms with Crippen LogP contribution in [0.3, 0.4) is 0 Å². The summed E-state index contributed by atoms with van der Waals surface area (Å²) in [6.07, 6.45) is 0. The van der Waals surface area contributed by atoms with E-state index in [9.17, 15) is 0 Å². The highest BCUT2D eigenvalue weighted by atomic mass is 15.3. The Morgan fingerprint density at radius 2 is 0.879 bits per heavy atom. The minimum Gasteiger partial charge on any atom is -0.311 e. The van der Waals surface area contributed by atoms with E-state index in [4.69, 9.17) is 10.2 Å². The summed E-state index contributed by atoms with van der Waals surface area (Å²) in [5.74, 6) is 1.60. The highest BCUT2D eigenvalue weighted by Gasteiger charge is 2.35. The molecule has 8 aromatic carbocycles. The normalized spacial score (nSPS) is 12.8. The highest BCUT2D eigenvalue weighted by Crippen LogP contribution is 2.49. The van der Waals surface area contributed by atoms with Gasteiger partial charge in [-0.05, 0) is 107 Å². The van der Waals surface area contributed by atoms with Crippen LogP contribution in [-0.4, -0.2) is 19.3 Å². The third-order valence-electron chi connectivity index (χ3n) is 11.9. The lowest BCUT2D eigenvalue weighted by Gasteiger charge is -2.26. The second-order valence-corrected chi connectivity index (χ2v) is 15.6. The van der Waals surface area contributed by atoms with E-state index in [1.807, 2.05) is 6.07 Å². The predicted molar refractivity (Wildman–Crippen MR) is 239 cm³/mol. The van der Waals surface area contributed by atoms with Crippen LogP contribution < -0.4 is 4.90 Å². The van der Waals surface area contributed by atoms with Crippen molar-refractivity contribution < 1.29 is 0 Å². The molecule has 5 nitrogen and oxygen atoms in total. The molecule has 0 saturated carbocycles. The summed E-state index contributed by atoms with van der Waals surface area (Å²) in [6, 6.07) is 71.4. The Bertz CT molecular complexity index is 3070. The molecule has 1 aliphatic rings. The Kier molecular flexibility index (Phi) is 7.76. The molecule has 2 aromatic heterocycles. The fraction of sp³-hybridized carbons (Fsp3) is 0.0566. The van der Waals surface area contributed by atoms with Crippen molar-refractivity contribution in [1.29, 1.82) is 0 Å². The summed E-state index contributed by atoms with van der Waals surface area (Å²) in [4.78, 5) is 2.31. The monoisotopic (exact) mass is 745 g/mol. The molecule has 0 N–H and O–H groups in total. The van der Waals surface area contributed by atoms with Gasteiger partial charge >= 0.3 is 0 Å². The average molecular weight is 746 g/mol. The number of hydrogen-bond donors (Lipinski definition) is 0. The first-order valence-electron chi connectivity index (χ1n) is 19.8. The maximum Gasteiger partial charge on any atom is 0.168 e. The largest absolute Gasteiger partial charge is 0.311 e. The number of rotatable bonds is 7. The molecule has 58 heavy (non-hydrogen) atoms. The van der Waals surface area contributed by atoms with Gasteiger partial charge in [-0.2, -0.15) is 0 Å². The fourth-order valence-electron chi connectivity index (χ4n) is 9.06. The molecule has 0 saturated heterocycles. The maximum absolute atomic E-state index is 4.87. The third-order valence-corrected chi connectivity index (χ3v) is 11.9. The van der Waals surface area contributed by atoms with E-state index in [1.165, 1.54) is 44.1 Å². The van der Waals surface area contributed by atoms with Gasteiger partial charge in [-0.15, -0.1) is 10.2 Å². The van der Waals surface area contributed by atoms with Gasteiger partial charge in [0.1, 0.15) is 0 Å². The smallest absolute Gasteiger partial charge is 0.168 e. The zero-order valence-corrected chi connectivity index (χ0v) is 32.3. The minimum atomic E-state index is -0.132. The molecule has 11 rings (SSSR count). The lowest BCUT2D eigenvalue weighted by molar-refractivity contribution is 0.660. The molecule has 10 aromatic rings. The molecule has 1 aliphatic carbocycles. The van der Waals surface area contributed by atoms with E-state index < -0.39 is 0 Å². The predicted octanol–water partition coefficient (Wildman–Crippen LogP) is 13.5. The van der Waals surface area contributed by atoms with Crippen LogP contribution in [0, 0.1) is 0 Å². The minimum absolute atomic E-state index is 0.132. The van der Waals surface area contributed by atoms with Crippen molar-refractivity contribution in [1.82, 2.24) is 19.3 Å². The lowest BCUT2D eigenvalue weighted by atomic mass is 9.82. The highest BCUT2D eigenvalue weighted by molar-refractivity contribution is 6.09. The molecular formula is C53H39N5. The molecule has 276 valence electrons. The van der Waals surface area contributed by atoms with E-state index in [0.717, 1.165) is 51.2 Å². The van der Waals surface area contributed by atoms with Gasteiger partial charge in [-0.1, -0.05) is 129 Å². The van der Waals surface area contributed by atoms with E-state index >= 15 is 0 Å². The van der Waals surface area contributed by atoms with Crippen molar-refractivity contribution in [3.05, 3.63) is 211 Å². The van der Waals surface area contributed by atoms with E-state index in [2.05, 4.69) is 222 Å². The van der Waals surface area contributed by atoms with Crippen LogP contribution >= 0.6 is 0 Å². The number of anilines is 3. The lowest BCUT2D eigenvalue weighted by Crippen LogP contribution is -2.15. The molecule has 0 bridgehead atoms. The van der Waals surface area contributed by atoms with E-state index in [0.29, 0.717) is 0 Å². The van der Waals surface area contributed by atoms with E-state index in [1.54, 1.807) is 0 Å². The third kappa shape index (κ3) is 5.31. The second-order valence-electron chi connectivity index (χ2n) is 15.6. The zero-order chi connectivity index (χ0) is 38.8. The Balaban J connectivity index is 0.999. The Hall–Kier alpha value is -7.50. The van der Waals surface area contributed by atoms with Crippen LogP contribution in [0.4, 0.5) is 17.1 Å². The molecule has 0 amide bonds. The first-order valence-corrected chi connectivity index (χ1v) is 19.8. The topological polar surface area (TPSA) is 38.9 Å². The molecule has 5 heteroatoms. The van der Waals surface area contributed by atoms with Gasteiger partial charge in [0, 0.05) is 55.8 Å². The molecule has 0 fully saturated rings. The van der Waals surface area contributed by atoms with Crippen LogP contribution in [0.2, 0.25) is 0 Å². The van der Waals surface area contributed by atoms with Crippen LogP contribution in [0.5, 0.6) is 0 Å². The molecule has 0 aliphatic heterocycles. The van der Waals surface area contributed by atoms with Crippen molar-refractivity contribution in [3.63, 3.8) is 0 Å². The molecule has 0 spiro atoms. The first-order chi connectivity index (χ1) is 28.5. The van der Waals surface area contributed by atoms with Gasteiger partial charge in [-0.3, -0.25) is 4.57 Å². The number of aromatic nitrogens is 4. The number of hydrogen-bond acceptors (Lipinski definition) is 3. The van der Waals surface area contributed by atoms with Crippen molar-refractivity contribution in [2.75, 3.05) is 4.90 Å². The fourth-order valence-corrected chi connectivity index (χ4v) is 9.06. The van der Waals surface area contributed by atoms with Gasteiger partial charge in [0.05, 0.1) is 11.0 Å². The standard InChI is InChI=1S/C53H39N5/c1-53(2)47-22-12-9-19-43(47)44-34-33-42(35-48(44)53)58-51(36-15-5-3-6-16-36)54-55-52(58)37-25-27-39(28-26-37)56(38-17-7-4-8-18-38)40-29-31-41(32-30-40)57-49-23-13-10-20-45(49)46-21-11-14-24-50(46)57/h3-35H,1-2H3.